The highest BCUT2D eigenvalue weighted by molar-refractivity contribution is 7.99. The third-order valence-electron chi connectivity index (χ3n) is 4.92. The van der Waals surface area contributed by atoms with Gasteiger partial charge in [-0.2, -0.15) is 0 Å². The molecule has 0 spiro atoms. The SMILES string of the molecule is CC(O)c1cc(Cl)ccc1Sc1ccccc1C(=O)N1CCN(C)CC1.O=C(O)/C=C\C(=O)O. The average Bonchev–Trinajstić information content (AvgIpc) is 2.79. The van der Waals surface area contributed by atoms with Crippen molar-refractivity contribution in [1.82, 2.24) is 9.80 Å². The van der Waals surface area contributed by atoms with Gasteiger partial charge in [-0.3, -0.25) is 4.79 Å². The van der Waals surface area contributed by atoms with Crippen molar-refractivity contribution in [2.24, 2.45) is 0 Å². The molecule has 0 aromatic heterocycles. The first-order valence-electron chi connectivity index (χ1n) is 10.4. The van der Waals surface area contributed by atoms with Crippen molar-refractivity contribution in [1.29, 1.82) is 0 Å². The molecule has 8 nitrogen and oxygen atoms in total. The summed E-state index contributed by atoms with van der Waals surface area (Å²) in [5.74, 6) is -2.45. The van der Waals surface area contributed by atoms with E-state index < -0.39 is 18.0 Å². The number of halogens is 1. The van der Waals surface area contributed by atoms with E-state index >= 15 is 0 Å². The number of amides is 1. The highest BCUT2D eigenvalue weighted by Gasteiger charge is 2.23. The summed E-state index contributed by atoms with van der Waals surface area (Å²) in [4.78, 5) is 38.1. The van der Waals surface area contributed by atoms with Gasteiger partial charge in [-0.15, -0.1) is 0 Å². The maximum Gasteiger partial charge on any atom is 0.328 e. The van der Waals surface area contributed by atoms with Gasteiger partial charge in [0.1, 0.15) is 0 Å². The Morgan fingerprint density at radius 1 is 0.971 bits per heavy atom. The number of benzene rings is 2. The number of aliphatic hydroxyl groups excluding tert-OH is 1. The van der Waals surface area contributed by atoms with Gasteiger partial charge in [-0.1, -0.05) is 35.5 Å². The lowest BCUT2D eigenvalue weighted by atomic mass is 10.1. The largest absolute Gasteiger partial charge is 0.478 e. The van der Waals surface area contributed by atoms with Crippen LogP contribution in [-0.2, 0) is 9.59 Å². The molecule has 182 valence electrons. The fourth-order valence-electron chi connectivity index (χ4n) is 3.11. The molecule has 3 rings (SSSR count). The number of aliphatic carboxylic acids is 2. The monoisotopic (exact) mass is 506 g/mol. The third-order valence-corrected chi connectivity index (χ3v) is 6.32. The van der Waals surface area contributed by atoms with Crippen molar-refractivity contribution in [3.05, 3.63) is 70.8 Å². The molecule has 1 amide bonds. The number of carboxylic acids is 2. The minimum atomic E-state index is -1.26. The van der Waals surface area contributed by atoms with Crippen LogP contribution in [0.3, 0.4) is 0 Å². The molecule has 1 fully saturated rings. The molecule has 1 saturated heterocycles. The van der Waals surface area contributed by atoms with Crippen LogP contribution in [0.25, 0.3) is 0 Å². The fourth-order valence-corrected chi connectivity index (χ4v) is 4.42. The first kappa shape index (κ1) is 27.4. The van der Waals surface area contributed by atoms with Gasteiger partial charge in [0, 0.05) is 53.1 Å². The predicted molar refractivity (Wildman–Crippen MR) is 130 cm³/mol. The van der Waals surface area contributed by atoms with Gasteiger partial charge >= 0.3 is 11.9 Å². The molecule has 2 aromatic carbocycles. The number of aliphatic hydroxyl groups is 1. The van der Waals surface area contributed by atoms with Gasteiger partial charge in [0.05, 0.1) is 11.7 Å². The van der Waals surface area contributed by atoms with Gasteiger partial charge in [0.15, 0.2) is 0 Å². The number of carbonyl (C=O) groups is 3. The standard InChI is InChI=1S/C20H23ClN2O2S.C4H4O4/c1-14(24)17-13-15(21)7-8-19(17)26-18-6-4-3-5-16(18)20(25)23-11-9-22(2)10-12-23;5-3(6)1-2-4(7)8/h3-8,13-14,24H,9-12H2,1-2H3;1-2H,(H,5,6)(H,7,8)/b;2-1-. The molecule has 10 heteroatoms. The minimum Gasteiger partial charge on any atom is -0.478 e. The number of nitrogens with zero attached hydrogens (tertiary/aromatic N) is 2. The summed E-state index contributed by atoms with van der Waals surface area (Å²) in [6.45, 7) is 4.99. The van der Waals surface area contributed by atoms with Gasteiger partial charge in [0.25, 0.3) is 5.91 Å². The lowest BCUT2D eigenvalue weighted by Crippen LogP contribution is -2.47. The Bertz CT molecular complexity index is 1040. The van der Waals surface area contributed by atoms with Crippen molar-refractivity contribution in [2.45, 2.75) is 22.8 Å². The molecular weight excluding hydrogens is 480 g/mol. The molecule has 34 heavy (non-hydrogen) atoms. The molecule has 1 aliphatic rings. The van der Waals surface area contributed by atoms with Crippen molar-refractivity contribution < 1.29 is 29.7 Å². The van der Waals surface area contributed by atoms with Crippen molar-refractivity contribution in [3.63, 3.8) is 0 Å². The van der Waals surface area contributed by atoms with Gasteiger partial charge < -0.3 is 25.1 Å². The van der Waals surface area contributed by atoms with Gasteiger partial charge in [-0.25, -0.2) is 9.59 Å². The van der Waals surface area contributed by atoms with E-state index in [9.17, 15) is 19.5 Å². The van der Waals surface area contributed by atoms with Crippen LogP contribution in [0.15, 0.2) is 64.4 Å². The van der Waals surface area contributed by atoms with E-state index in [0.717, 1.165) is 41.5 Å². The number of carboxylic acid groups (broad SMARTS) is 2. The van der Waals surface area contributed by atoms with E-state index in [2.05, 4.69) is 11.9 Å². The third kappa shape index (κ3) is 8.49. The summed E-state index contributed by atoms with van der Waals surface area (Å²) in [5, 5.41) is 26.3. The Morgan fingerprint density at radius 2 is 1.56 bits per heavy atom. The molecular formula is C24H27ClN2O6S. The minimum absolute atomic E-state index is 0.0637. The molecule has 1 unspecified atom stereocenters. The summed E-state index contributed by atoms with van der Waals surface area (Å²) in [6.07, 6.45) is 0.488. The Balaban J connectivity index is 0.000000440. The number of carbonyl (C=O) groups excluding carboxylic acids is 1. The second-order valence-corrected chi connectivity index (χ2v) is 9.08. The first-order chi connectivity index (χ1) is 16.1. The summed E-state index contributed by atoms with van der Waals surface area (Å²) in [7, 11) is 2.07. The Kier molecular flexibility index (Phi) is 10.6. The first-order valence-corrected chi connectivity index (χ1v) is 11.6. The maximum atomic E-state index is 13.0. The molecule has 0 saturated carbocycles. The number of piperazine rings is 1. The van der Waals surface area contributed by atoms with E-state index in [0.29, 0.717) is 22.7 Å². The zero-order valence-electron chi connectivity index (χ0n) is 18.8. The van der Waals surface area contributed by atoms with E-state index in [-0.39, 0.29) is 5.91 Å². The van der Waals surface area contributed by atoms with E-state index in [1.807, 2.05) is 35.2 Å². The fraction of sp³-hybridized carbons (Fsp3) is 0.292. The normalized spacial score (nSPS) is 14.9. The van der Waals surface area contributed by atoms with Gasteiger partial charge in [-0.05, 0) is 49.9 Å². The molecule has 1 atom stereocenters. The smallest absolute Gasteiger partial charge is 0.328 e. The molecule has 1 heterocycles. The maximum absolute atomic E-state index is 13.0. The van der Waals surface area contributed by atoms with Gasteiger partial charge in [0.2, 0.25) is 0 Å². The molecule has 0 aliphatic carbocycles. The topological polar surface area (TPSA) is 118 Å². The Hall–Kier alpha value is -2.85. The molecule has 0 radical (unpaired) electrons. The van der Waals surface area contributed by atoms with E-state index in [4.69, 9.17) is 21.8 Å². The summed E-state index contributed by atoms with van der Waals surface area (Å²) in [6, 6.07) is 13.1. The number of likely N-dealkylation sites (N-methyl/N-ethyl adjacent to an activating group) is 1. The zero-order chi connectivity index (χ0) is 25.3. The summed E-state index contributed by atoms with van der Waals surface area (Å²) < 4.78 is 0. The summed E-state index contributed by atoms with van der Waals surface area (Å²) >= 11 is 7.57. The Labute approximate surface area is 207 Å². The second-order valence-electron chi connectivity index (χ2n) is 7.56. The van der Waals surface area contributed by atoms with Crippen molar-refractivity contribution in [3.8, 4) is 0 Å². The highest BCUT2D eigenvalue weighted by Crippen LogP contribution is 2.36. The second kappa shape index (κ2) is 13.1. The molecule has 1 aliphatic heterocycles. The average molecular weight is 507 g/mol. The quantitative estimate of drug-likeness (QED) is 0.508. The highest BCUT2D eigenvalue weighted by atomic mass is 35.5. The van der Waals surface area contributed by atoms with Crippen LogP contribution in [-0.4, -0.2) is 76.2 Å². The lowest BCUT2D eigenvalue weighted by Gasteiger charge is -2.32. The van der Waals surface area contributed by atoms with Crippen LogP contribution in [0, 0.1) is 0 Å². The van der Waals surface area contributed by atoms with Crippen LogP contribution in [0.1, 0.15) is 28.9 Å². The van der Waals surface area contributed by atoms with Crippen LogP contribution in [0.5, 0.6) is 0 Å². The summed E-state index contributed by atoms with van der Waals surface area (Å²) in [5.41, 5.74) is 1.47. The van der Waals surface area contributed by atoms with Crippen LogP contribution < -0.4 is 0 Å². The zero-order valence-corrected chi connectivity index (χ0v) is 20.4. The molecule has 2 aromatic rings. The van der Waals surface area contributed by atoms with E-state index in [1.165, 1.54) is 11.8 Å². The molecule has 3 N–H and O–H groups in total. The van der Waals surface area contributed by atoms with Crippen LogP contribution >= 0.6 is 23.4 Å². The van der Waals surface area contributed by atoms with Crippen LogP contribution in [0.4, 0.5) is 0 Å². The number of hydrogen-bond donors (Lipinski definition) is 3. The predicted octanol–water partition coefficient (Wildman–Crippen LogP) is 3.64. The van der Waals surface area contributed by atoms with Crippen molar-refractivity contribution >= 4 is 41.2 Å². The van der Waals surface area contributed by atoms with Crippen molar-refractivity contribution in [2.75, 3.05) is 33.2 Å². The number of rotatable bonds is 6. The lowest BCUT2D eigenvalue weighted by molar-refractivity contribution is -0.134. The van der Waals surface area contributed by atoms with Crippen LogP contribution in [0.2, 0.25) is 5.02 Å². The number of hydrogen-bond acceptors (Lipinski definition) is 6. The van der Waals surface area contributed by atoms with E-state index in [1.54, 1.807) is 19.1 Å². The molecule has 0 bridgehead atoms. The Morgan fingerprint density at radius 3 is 2.12 bits per heavy atom.